The molecule has 2 amide bonds. The Balaban J connectivity index is 1.09. The molecule has 16 nitrogen and oxygen atoms in total. The largest absolute Gasteiger partial charge is 0.493 e. The van der Waals surface area contributed by atoms with Crippen LogP contribution < -0.4 is 33.6 Å². The van der Waals surface area contributed by atoms with Crippen LogP contribution in [0, 0.1) is 0 Å². The minimum atomic E-state index is -0.895. The Bertz CT molecular complexity index is 2820. The maximum Gasteiger partial charge on any atom is 0.313 e. The highest BCUT2D eigenvalue weighted by atomic mass is 32.2. The fraction of sp³-hybridized carbons (Fsp3) is 0.364. The zero-order valence-corrected chi connectivity index (χ0v) is 42.2. The molecular formula is C55H61N5O11S. The molecule has 0 aromatic heterocycles. The maximum atomic E-state index is 14.1. The van der Waals surface area contributed by atoms with E-state index in [-0.39, 0.29) is 36.8 Å². The van der Waals surface area contributed by atoms with Crippen molar-refractivity contribution >= 4 is 70.9 Å². The van der Waals surface area contributed by atoms with Crippen LogP contribution >= 0.6 is 11.8 Å². The third-order valence-corrected chi connectivity index (χ3v) is 13.9. The number of hydrogen-bond acceptors (Lipinski definition) is 14. The summed E-state index contributed by atoms with van der Waals surface area (Å²) in [4.78, 5) is 54.7. The van der Waals surface area contributed by atoms with E-state index >= 15 is 0 Å². The standard InChI is InChI=1S/C55H61N5O11S/c1-55(2,72-34-52(61)62)35-58(17-18-68-21-22-69-20-19-65-4)40-24-36(32-70-50-29-44(56-3)42(27-48(50)66-5)53(63)59-16-15-38-11-7-9-13-46(38)59)23-37(25-40)33-71-51-30-45-43(28-49(51)67-6)54(64)60-41(31-57-45)26-39-12-8-10-14-47(39)60/h7-14,23-25,27-31,41H,3,15-22,26,32-35H2,1-2,4-6H3,(H,61,62)/t41-/m0/s1. The molecule has 0 unspecified atom stereocenters. The monoisotopic (exact) mass is 999 g/mol. The van der Waals surface area contributed by atoms with Gasteiger partial charge in [0.2, 0.25) is 0 Å². The molecule has 0 aliphatic carbocycles. The zero-order chi connectivity index (χ0) is 50.8. The lowest BCUT2D eigenvalue weighted by Gasteiger charge is -2.34. The molecule has 3 aliphatic rings. The highest BCUT2D eigenvalue weighted by Crippen LogP contribution is 2.42. The summed E-state index contributed by atoms with van der Waals surface area (Å²) < 4.78 is 41.0. The van der Waals surface area contributed by atoms with Crippen LogP contribution in [0.2, 0.25) is 0 Å². The van der Waals surface area contributed by atoms with E-state index in [2.05, 4.69) is 16.6 Å². The fourth-order valence-electron chi connectivity index (χ4n) is 9.12. The van der Waals surface area contributed by atoms with Crippen LogP contribution in [0.15, 0.2) is 101 Å². The second kappa shape index (κ2) is 23.5. The van der Waals surface area contributed by atoms with Crippen LogP contribution in [0.4, 0.5) is 28.4 Å². The average molecular weight is 1000 g/mol. The Kier molecular flexibility index (Phi) is 16.8. The van der Waals surface area contributed by atoms with E-state index in [9.17, 15) is 19.5 Å². The van der Waals surface area contributed by atoms with Crippen molar-refractivity contribution < 1.29 is 52.6 Å². The molecule has 378 valence electrons. The first-order valence-electron chi connectivity index (χ1n) is 23.8. The number of aliphatic imine (C=N–C) groups is 2. The summed E-state index contributed by atoms with van der Waals surface area (Å²) in [6.45, 7) is 11.6. The topological polar surface area (TPSA) is 170 Å². The van der Waals surface area contributed by atoms with Gasteiger partial charge in [0.05, 0.1) is 81.6 Å². The number of nitrogens with zero attached hydrogens (tertiary/aromatic N) is 5. The SMILES string of the molecule is C=Nc1cc(OCc2cc(COc3cc4c(cc3OC)C(=O)N3c5ccccc5C[C@H]3C=N4)cc(N(CCOCCOCCOC)CC(C)(C)SCC(=O)O)c2)c(OC)cc1C(=O)N1CCc2ccccc21. The molecular weight excluding hydrogens is 939 g/mol. The summed E-state index contributed by atoms with van der Waals surface area (Å²) in [5, 5.41) is 9.61. The van der Waals surface area contributed by atoms with Gasteiger partial charge in [-0.3, -0.25) is 29.3 Å². The van der Waals surface area contributed by atoms with Crippen molar-refractivity contribution in [1.82, 2.24) is 0 Å². The number of fused-ring (bicyclic) bond motifs is 5. The van der Waals surface area contributed by atoms with E-state index in [1.165, 1.54) is 26.0 Å². The fourth-order valence-corrected chi connectivity index (χ4v) is 9.88. The molecule has 72 heavy (non-hydrogen) atoms. The van der Waals surface area contributed by atoms with Gasteiger partial charge in [-0.05, 0) is 91.7 Å². The van der Waals surface area contributed by atoms with Gasteiger partial charge in [-0.25, -0.2) is 0 Å². The van der Waals surface area contributed by atoms with Crippen molar-refractivity contribution in [2.75, 3.05) is 94.5 Å². The second-order valence-electron chi connectivity index (χ2n) is 18.1. The van der Waals surface area contributed by atoms with Crippen LogP contribution in [0.3, 0.4) is 0 Å². The quantitative estimate of drug-likeness (QED) is 0.0435. The lowest BCUT2D eigenvalue weighted by Crippen LogP contribution is -2.39. The zero-order valence-electron chi connectivity index (χ0n) is 41.4. The number of amides is 2. The number of carboxylic acids is 1. The molecule has 1 N–H and O–H groups in total. The van der Waals surface area contributed by atoms with E-state index in [4.69, 9.17) is 38.2 Å². The number of benzene rings is 5. The number of anilines is 3. The predicted octanol–water partition coefficient (Wildman–Crippen LogP) is 8.77. The van der Waals surface area contributed by atoms with Crippen molar-refractivity contribution in [3.05, 3.63) is 124 Å². The highest BCUT2D eigenvalue weighted by molar-refractivity contribution is 8.01. The van der Waals surface area contributed by atoms with Crippen molar-refractivity contribution in [2.24, 2.45) is 9.98 Å². The first kappa shape index (κ1) is 51.4. The lowest BCUT2D eigenvalue weighted by atomic mass is 10.1. The number of carboxylic acid groups (broad SMARTS) is 1. The van der Waals surface area contributed by atoms with E-state index in [0.29, 0.717) is 105 Å². The maximum absolute atomic E-state index is 14.1. The Labute approximate surface area is 424 Å². The number of methoxy groups -OCH3 is 3. The molecule has 3 aliphatic heterocycles. The molecule has 5 aromatic carbocycles. The Morgan fingerprint density at radius 2 is 1.47 bits per heavy atom. The van der Waals surface area contributed by atoms with Gasteiger partial charge in [0.25, 0.3) is 11.8 Å². The number of para-hydroxylation sites is 2. The van der Waals surface area contributed by atoms with Gasteiger partial charge in [-0.2, -0.15) is 0 Å². The molecule has 0 saturated heterocycles. The van der Waals surface area contributed by atoms with Gasteiger partial charge in [-0.15, -0.1) is 11.8 Å². The van der Waals surface area contributed by atoms with Crippen LogP contribution in [0.5, 0.6) is 23.0 Å². The number of rotatable bonds is 25. The van der Waals surface area contributed by atoms with Crippen LogP contribution in [0.25, 0.3) is 0 Å². The average Bonchev–Trinajstić information content (AvgIpc) is 3.96. The predicted molar refractivity (Wildman–Crippen MR) is 281 cm³/mol. The summed E-state index contributed by atoms with van der Waals surface area (Å²) in [5.74, 6) is 0.142. The van der Waals surface area contributed by atoms with Crippen molar-refractivity contribution in [3.63, 3.8) is 0 Å². The van der Waals surface area contributed by atoms with Crippen LogP contribution in [-0.4, -0.2) is 126 Å². The molecule has 0 bridgehead atoms. The van der Waals surface area contributed by atoms with E-state index in [0.717, 1.165) is 45.7 Å². The molecule has 0 spiro atoms. The number of hydrogen-bond donors (Lipinski definition) is 1. The molecule has 8 rings (SSSR count). The smallest absolute Gasteiger partial charge is 0.313 e. The number of aliphatic carboxylic acids is 1. The first-order valence-corrected chi connectivity index (χ1v) is 24.8. The Morgan fingerprint density at radius 3 is 2.17 bits per heavy atom. The molecule has 0 saturated carbocycles. The minimum Gasteiger partial charge on any atom is -0.493 e. The van der Waals surface area contributed by atoms with Gasteiger partial charge >= 0.3 is 5.97 Å². The molecule has 1 atom stereocenters. The minimum absolute atomic E-state index is 0.0630. The lowest BCUT2D eigenvalue weighted by molar-refractivity contribution is -0.133. The van der Waals surface area contributed by atoms with Gasteiger partial charge in [0.1, 0.15) is 13.2 Å². The number of thioether (sulfide) groups is 1. The molecule has 17 heteroatoms. The summed E-state index contributed by atoms with van der Waals surface area (Å²) in [6.07, 6.45) is 3.24. The molecule has 3 heterocycles. The molecule has 5 aromatic rings. The van der Waals surface area contributed by atoms with Gasteiger partial charge in [-0.1, -0.05) is 36.4 Å². The van der Waals surface area contributed by atoms with Crippen molar-refractivity contribution in [3.8, 4) is 23.0 Å². The first-order chi connectivity index (χ1) is 34.9. The van der Waals surface area contributed by atoms with Gasteiger partial charge in [0, 0.05) is 73.3 Å². The summed E-state index contributed by atoms with van der Waals surface area (Å²) in [5.41, 5.74) is 7.86. The Morgan fingerprint density at radius 1 is 0.819 bits per heavy atom. The van der Waals surface area contributed by atoms with Gasteiger partial charge in [0.15, 0.2) is 23.0 Å². The summed E-state index contributed by atoms with van der Waals surface area (Å²) in [6, 6.07) is 28.3. The molecule has 0 radical (unpaired) electrons. The highest BCUT2D eigenvalue weighted by Gasteiger charge is 2.37. The third kappa shape index (κ3) is 12.0. The summed E-state index contributed by atoms with van der Waals surface area (Å²) >= 11 is 1.35. The Hall–Kier alpha value is -6.92. The van der Waals surface area contributed by atoms with Crippen molar-refractivity contribution in [2.45, 2.75) is 50.7 Å². The number of ether oxygens (including phenoxy) is 7. The van der Waals surface area contributed by atoms with E-state index in [1.54, 1.807) is 41.2 Å². The normalized spacial score (nSPS) is 14.5. The van der Waals surface area contributed by atoms with E-state index < -0.39 is 10.7 Å². The van der Waals surface area contributed by atoms with Gasteiger partial charge < -0.3 is 48.1 Å². The molecule has 0 fully saturated rings. The number of carbonyl (C=O) groups is 3. The van der Waals surface area contributed by atoms with Crippen LogP contribution in [0.1, 0.15) is 56.8 Å². The van der Waals surface area contributed by atoms with Crippen LogP contribution in [-0.2, 0) is 45.1 Å². The third-order valence-electron chi connectivity index (χ3n) is 12.6. The second-order valence-corrected chi connectivity index (χ2v) is 19.7. The van der Waals surface area contributed by atoms with Crippen molar-refractivity contribution in [1.29, 1.82) is 0 Å². The van der Waals surface area contributed by atoms with E-state index in [1.807, 2.05) is 86.8 Å². The number of carbonyl (C=O) groups excluding carboxylic acids is 2. The summed E-state index contributed by atoms with van der Waals surface area (Å²) in [7, 11) is 4.68.